The lowest BCUT2D eigenvalue weighted by atomic mass is 9.84. The lowest BCUT2D eigenvalue weighted by Gasteiger charge is -2.32. The van der Waals surface area contributed by atoms with Crippen LogP contribution in [0, 0.1) is 13.8 Å². The maximum atomic E-state index is 2.58. The van der Waals surface area contributed by atoms with Gasteiger partial charge in [-0.15, -0.1) is 11.3 Å². The quantitative estimate of drug-likeness (QED) is 0.119. The Bertz CT molecular complexity index is 3700. The first-order valence-corrected chi connectivity index (χ1v) is 25.9. The van der Waals surface area contributed by atoms with Crippen LogP contribution in [0.3, 0.4) is 0 Å². The highest BCUT2D eigenvalue weighted by atomic mass is 32.1. The Balaban J connectivity index is 1.25. The highest BCUT2D eigenvalue weighted by Gasteiger charge is 2.28. The van der Waals surface area contributed by atoms with Gasteiger partial charge in [-0.1, -0.05) is 171 Å². The Hall–Kier alpha value is -6.94. The molecule has 1 aromatic heterocycles. The average molecular weight is 915 g/mol. The Morgan fingerprint density at radius 1 is 0.362 bits per heavy atom. The molecule has 0 aliphatic heterocycles. The molecule has 0 atom stereocenters. The summed E-state index contributed by atoms with van der Waals surface area (Å²) < 4.78 is 2.61. The van der Waals surface area contributed by atoms with Gasteiger partial charge >= 0.3 is 0 Å². The molecule has 0 bridgehead atoms. The molecule has 0 fully saturated rings. The van der Waals surface area contributed by atoms with Crippen LogP contribution in [0.5, 0.6) is 0 Å². The second kappa shape index (κ2) is 17.5. The first-order chi connectivity index (χ1) is 33.4. The van der Waals surface area contributed by atoms with Crippen LogP contribution in [-0.4, -0.2) is 0 Å². The molecule has 0 radical (unpaired) electrons. The molecule has 342 valence electrons. The van der Waals surface area contributed by atoms with Crippen molar-refractivity contribution in [2.75, 3.05) is 9.80 Å². The summed E-state index contributed by atoms with van der Waals surface area (Å²) in [6, 6.07) is 64.9. The fourth-order valence-corrected chi connectivity index (χ4v) is 12.3. The normalized spacial score (nSPS) is 12.1. The van der Waals surface area contributed by atoms with Crippen molar-refractivity contribution in [3.8, 4) is 11.1 Å². The van der Waals surface area contributed by atoms with Crippen LogP contribution in [0.4, 0.5) is 34.1 Å². The Kier molecular flexibility index (Phi) is 11.3. The van der Waals surface area contributed by atoms with E-state index in [9.17, 15) is 0 Å². The Morgan fingerprint density at radius 2 is 0.826 bits per heavy atom. The zero-order valence-corrected chi connectivity index (χ0v) is 42.6. The molecular weight excluding hydrogens is 853 g/mol. The van der Waals surface area contributed by atoms with Crippen LogP contribution in [0.2, 0.25) is 0 Å². The predicted octanol–water partition coefficient (Wildman–Crippen LogP) is 20.7. The minimum Gasteiger partial charge on any atom is -0.310 e. The van der Waals surface area contributed by atoms with Gasteiger partial charge in [0, 0.05) is 43.3 Å². The van der Waals surface area contributed by atoms with E-state index in [0.717, 1.165) is 11.4 Å². The second-order valence-electron chi connectivity index (χ2n) is 20.5. The molecule has 10 aromatic carbocycles. The molecule has 11 rings (SSSR count). The molecular formula is C66H62N2S. The third-order valence-corrected chi connectivity index (χ3v) is 16.1. The Labute approximate surface area is 412 Å². The van der Waals surface area contributed by atoms with E-state index in [2.05, 4.69) is 249 Å². The van der Waals surface area contributed by atoms with Crippen LogP contribution < -0.4 is 9.80 Å². The van der Waals surface area contributed by atoms with E-state index in [1.807, 2.05) is 11.3 Å². The van der Waals surface area contributed by atoms with Gasteiger partial charge in [0.1, 0.15) is 0 Å². The van der Waals surface area contributed by atoms with Gasteiger partial charge in [-0.25, -0.2) is 0 Å². The van der Waals surface area contributed by atoms with Crippen LogP contribution in [0.25, 0.3) is 63.6 Å². The Morgan fingerprint density at radius 3 is 1.38 bits per heavy atom. The third kappa shape index (κ3) is 7.45. The molecule has 0 spiro atoms. The number of hydrogen-bond donors (Lipinski definition) is 0. The molecule has 0 aliphatic carbocycles. The van der Waals surface area contributed by atoms with Gasteiger partial charge in [0.2, 0.25) is 0 Å². The van der Waals surface area contributed by atoms with Crippen molar-refractivity contribution in [3.05, 3.63) is 203 Å². The molecule has 0 unspecified atom stereocenters. The second-order valence-corrected chi connectivity index (χ2v) is 21.6. The van der Waals surface area contributed by atoms with Crippen molar-refractivity contribution in [2.45, 2.75) is 92.9 Å². The van der Waals surface area contributed by atoms with Crippen LogP contribution in [0.1, 0.15) is 112 Å². The van der Waals surface area contributed by atoms with Crippen LogP contribution in [0.15, 0.2) is 170 Å². The lowest BCUT2D eigenvalue weighted by Crippen LogP contribution is -2.14. The fraction of sp³-hybridized carbons (Fsp3) is 0.212. The molecule has 3 heteroatoms. The van der Waals surface area contributed by atoms with E-state index in [4.69, 9.17) is 0 Å². The van der Waals surface area contributed by atoms with Crippen molar-refractivity contribution in [3.63, 3.8) is 0 Å². The maximum absolute atomic E-state index is 2.58. The highest BCUT2D eigenvalue weighted by molar-refractivity contribution is 7.26. The van der Waals surface area contributed by atoms with E-state index in [-0.39, 0.29) is 11.8 Å². The standard InChI is InChI=1S/C66H62N2S/c1-39(2)45-25-29-47(30-26-45)67(59-22-15-20-50(44(59)10)49-18-12-11-17-43(49)9)61-37-57(41(5)6)52-34-36-56-62(38-58(42(7)8)53-33-35-55(61)64(52)65(53)56)68(48-31-27-46(28-32-48)40(3)4)60-23-16-21-54-51-19-13-14-24-63(51)69-66(54)60/h11-42H,1-10H3. The molecule has 69 heavy (non-hydrogen) atoms. The zero-order valence-electron chi connectivity index (χ0n) is 41.8. The smallest absolute Gasteiger partial charge is 0.0640 e. The van der Waals surface area contributed by atoms with Crippen molar-refractivity contribution in [1.29, 1.82) is 0 Å². The van der Waals surface area contributed by atoms with Crippen molar-refractivity contribution < 1.29 is 0 Å². The SMILES string of the molecule is Cc1ccccc1-c1cccc(N(c2ccc(C(C)C)cc2)c2cc(C(C)C)c3ccc4c(N(c5ccc(C(C)C)cc5)c5cccc6c5sc5ccccc56)cc(C(C)C)c5ccc2c3c54)c1C. The number of anilines is 6. The predicted molar refractivity (Wildman–Crippen MR) is 304 cm³/mol. The van der Waals surface area contributed by atoms with Crippen LogP contribution >= 0.6 is 11.3 Å². The molecule has 11 aromatic rings. The molecule has 1 heterocycles. The largest absolute Gasteiger partial charge is 0.310 e. The number of nitrogens with zero attached hydrogens (tertiary/aromatic N) is 2. The van der Waals surface area contributed by atoms with Gasteiger partial charge < -0.3 is 9.80 Å². The van der Waals surface area contributed by atoms with Gasteiger partial charge in [0.05, 0.1) is 21.8 Å². The summed E-state index contributed by atoms with van der Waals surface area (Å²) >= 11 is 1.90. The number of thiophene rings is 1. The van der Waals surface area contributed by atoms with E-state index in [1.165, 1.54) is 120 Å². The van der Waals surface area contributed by atoms with Crippen molar-refractivity contribution in [2.24, 2.45) is 0 Å². The van der Waals surface area contributed by atoms with E-state index < -0.39 is 0 Å². The van der Waals surface area contributed by atoms with Gasteiger partial charge in [-0.3, -0.25) is 0 Å². The number of fused-ring (bicyclic) bond motifs is 3. The van der Waals surface area contributed by atoms with Crippen molar-refractivity contribution in [1.82, 2.24) is 0 Å². The van der Waals surface area contributed by atoms with Gasteiger partial charge in [-0.05, 0) is 158 Å². The van der Waals surface area contributed by atoms with Crippen LogP contribution in [-0.2, 0) is 0 Å². The van der Waals surface area contributed by atoms with E-state index in [0.29, 0.717) is 11.8 Å². The number of aryl methyl sites for hydroxylation is 1. The molecule has 0 saturated heterocycles. The topological polar surface area (TPSA) is 6.48 Å². The average Bonchev–Trinajstić information content (AvgIpc) is 3.74. The summed E-state index contributed by atoms with van der Waals surface area (Å²) in [5, 5.41) is 10.5. The monoisotopic (exact) mass is 914 g/mol. The lowest BCUT2D eigenvalue weighted by molar-refractivity contribution is 0.866. The van der Waals surface area contributed by atoms with Gasteiger partial charge in [-0.2, -0.15) is 0 Å². The minimum atomic E-state index is 0.281. The first-order valence-electron chi connectivity index (χ1n) is 25.0. The maximum Gasteiger partial charge on any atom is 0.0640 e. The van der Waals surface area contributed by atoms with E-state index >= 15 is 0 Å². The summed E-state index contributed by atoms with van der Waals surface area (Å²) in [5.41, 5.74) is 17.6. The minimum absolute atomic E-state index is 0.281. The molecule has 0 N–H and O–H groups in total. The van der Waals surface area contributed by atoms with E-state index in [1.54, 1.807) is 0 Å². The number of hydrogen-bond acceptors (Lipinski definition) is 3. The summed E-state index contributed by atoms with van der Waals surface area (Å²) in [6.07, 6.45) is 0. The summed E-state index contributed by atoms with van der Waals surface area (Å²) in [4.78, 5) is 5.14. The molecule has 2 nitrogen and oxygen atoms in total. The number of rotatable bonds is 11. The molecule has 0 amide bonds. The van der Waals surface area contributed by atoms with Gasteiger partial charge in [0.15, 0.2) is 0 Å². The first kappa shape index (κ1) is 44.6. The fourth-order valence-electron chi connectivity index (χ4n) is 11.1. The van der Waals surface area contributed by atoms with Crippen molar-refractivity contribution >= 4 is 98.0 Å². The summed E-state index contributed by atoms with van der Waals surface area (Å²) in [7, 11) is 0. The molecule has 0 saturated carbocycles. The number of benzene rings is 10. The summed E-state index contributed by atoms with van der Waals surface area (Å²) in [6.45, 7) is 23.1. The van der Waals surface area contributed by atoms with Gasteiger partial charge in [0.25, 0.3) is 0 Å². The molecule has 0 aliphatic rings. The summed E-state index contributed by atoms with van der Waals surface area (Å²) in [5.74, 6) is 1.43. The zero-order chi connectivity index (χ0) is 47.8. The third-order valence-electron chi connectivity index (χ3n) is 14.9. The highest BCUT2D eigenvalue weighted by Crippen LogP contribution is 2.53.